The van der Waals surface area contributed by atoms with Gasteiger partial charge in [0.05, 0.1) is 16.9 Å². The zero-order valence-corrected chi connectivity index (χ0v) is 16.5. The Hall–Kier alpha value is -2.21. The smallest absolute Gasteiger partial charge is 0.164 e. The number of ketones is 1. The maximum absolute atomic E-state index is 13.2. The second-order valence-corrected chi connectivity index (χ2v) is 8.65. The molecule has 5 nitrogen and oxygen atoms in total. The summed E-state index contributed by atoms with van der Waals surface area (Å²) in [5.41, 5.74) is 8.46. The first-order chi connectivity index (χ1) is 13.1. The van der Waals surface area contributed by atoms with Crippen molar-refractivity contribution in [3.63, 3.8) is 0 Å². The van der Waals surface area contributed by atoms with Gasteiger partial charge in [-0.1, -0.05) is 43.7 Å². The predicted molar refractivity (Wildman–Crippen MR) is 110 cm³/mol. The lowest BCUT2D eigenvalue weighted by molar-refractivity contribution is -0.122. The third kappa shape index (κ3) is 3.90. The molecule has 0 radical (unpaired) electrons. The quantitative estimate of drug-likeness (QED) is 0.670. The van der Waals surface area contributed by atoms with E-state index in [0.717, 1.165) is 27.9 Å². The van der Waals surface area contributed by atoms with Crippen molar-refractivity contribution in [3.8, 4) is 0 Å². The Balaban J connectivity index is 1.68. The number of fused-ring (bicyclic) bond motifs is 1. The number of hydrogen-bond donors (Lipinski definition) is 1. The van der Waals surface area contributed by atoms with Crippen LogP contribution in [0.4, 0.5) is 5.82 Å². The number of carbonyl (C=O) groups is 1. The summed E-state index contributed by atoms with van der Waals surface area (Å²) >= 11 is 1.53. The van der Waals surface area contributed by atoms with Crippen LogP contribution in [0.5, 0.6) is 0 Å². The van der Waals surface area contributed by atoms with Gasteiger partial charge in [-0.05, 0) is 31.4 Å². The van der Waals surface area contributed by atoms with Gasteiger partial charge in [0.1, 0.15) is 11.9 Å². The SMILES string of the molecule is Cc1ccc2nn(C(CC3CCCCC3)C(=O)Cc3nccs3)c(N)c2c1. The van der Waals surface area contributed by atoms with Crippen LogP contribution in [0.25, 0.3) is 10.9 Å². The average Bonchev–Trinajstić information content (AvgIpc) is 3.29. The number of nitrogens with two attached hydrogens (primary N) is 1. The fourth-order valence-corrected chi connectivity index (χ4v) is 4.81. The van der Waals surface area contributed by atoms with Gasteiger partial charge in [-0.25, -0.2) is 9.67 Å². The molecule has 6 heteroatoms. The van der Waals surface area contributed by atoms with Crippen LogP contribution in [0.3, 0.4) is 0 Å². The number of thiazole rings is 1. The van der Waals surface area contributed by atoms with Crippen molar-refractivity contribution in [1.82, 2.24) is 14.8 Å². The van der Waals surface area contributed by atoms with Gasteiger partial charge in [-0.3, -0.25) is 4.79 Å². The molecule has 0 amide bonds. The molecule has 142 valence electrons. The molecule has 1 unspecified atom stereocenters. The van der Waals surface area contributed by atoms with Gasteiger partial charge >= 0.3 is 0 Å². The third-order valence-corrected chi connectivity index (χ3v) is 6.43. The molecule has 2 N–H and O–H groups in total. The number of hydrogen-bond acceptors (Lipinski definition) is 5. The number of aromatic nitrogens is 3. The molecule has 2 heterocycles. The van der Waals surface area contributed by atoms with Crippen molar-refractivity contribution in [1.29, 1.82) is 0 Å². The van der Waals surface area contributed by atoms with Crippen molar-refractivity contribution in [2.24, 2.45) is 5.92 Å². The summed E-state index contributed by atoms with van der Waals surface area (Å²) in [5, 5.41) is 8.43. The van der Waals surface area contributed by atoms with Crippen molar-refractivity contribution in [2.75, 3.05) is 5.73 Å². The number of aryl methyl sites for hydroxylation is 1. The first-order valence-electron chi connectivity index (χ1n) is 9.77. The highest BCUT2D eigenvalue weighted by molar-refractivity contribution is 7.09. The van der Waals surface area contributed by atoms with Crippen LogP contribution in [0.1, 0.15) is 55.1 Å². The van der Waals surface area contributed by atoms with Crippen LogP contribution >= 0.6 is 11.3 Å². The Bertz CT molecular complexity index is 925. The molecule has 1 fully saturated rings. The van der Waals surface area contributed by atoms with E-state index in [1.54, 1.807) is 10.9 Å². The molecule has 0 bridgehead atoms. The fourth-order valence-electron chi connectivity index (χ4n) is 4.19. The zero-order chi connectivity index (χ0) is 18.8. The maximum Gasteiger partial charge on any atom is 0.164 e. The molecule has 1 aromatic carbocycles. The number of benzene rings is 1. The number of rotatable bonds is 6. The number of nitrogen functional groups attached to an aromatic ring is 1. The van der Waals surface area contributed by atoms with E-state index in [-0.39, 0.29) is 11.8 Å². The minimum Gasteiger partial charge on any atom is -0.383 e. The summed E-state index contributed by atoms with van der Waals surface area (Å²) in [6.45, 7) is 2.04. The Kier molecular flexibility index (Phi) is 5.25. The van der Waals surface area contributed by atoms with Gasteiger partial charge in [-0.2, -0.15) is 5.10 Å². The molecule has 2 aromatic heterocycles. The van der Waals surface area contributed by atoms with Gasteiger partial charge < -0.3 is 5.73 Å². The van der Waals surface area contributed by atoms with E-state index >= 15 is 0 Å². The monoisotopic (exact) mass is 382 g/mol. The highest BCUT2D eigenvalue weighted by Gasteiger charge is 2.29. The van der Waals surface area contributed by atoms with Crippen LogP contribution < -0.4 is 5.73 Å². The molecular weight excluding hydrogens is 356 g/mol. The van der Waals surface area contributed by atoms with Gasteiger partial charge in [-0.15, -0.1) is 11.3 Å². The topological polar surface area (TPSA) is 73.8 Å². The molecule has 27 heavy (non-hydrogen) atoms. The standard InChI is InChI=1S/C21H26N4OS/c1-14-7-8-17-16(11-14)21(22)25(24-17)18(12-15-5-3-2-4-6-15)19(26)13-20-23-9-10-27-20/h7-11,15,18H,2-6,12-13,22H2,1H3. The number of anilines is 1. The van der Waals surface area contributed by atoms with E-state index < -0.39 is 0 Å². The van der Waals surface area contributed by atoms with Crippen LogP contribution in [0.2, 0.25) is 0 Å². The van der Waals surface area contributed by atoms with Gasteiger partial charge in [0.25, 0.3) is 0 Å². The Labute approximate surface area is 163 Å². The molecular formula is C21H26N4OS. The fraction of sp³-hybridized carbons (Fsp3) is 0.476. The lowest BCUT2D eigenvalue weighted by atomic mass is 9.83. The van der Waals surface area contributed by atoms with Gasteiger partial charge in [0, 0.05) is 17.0 Å². The highest BCUT2D eigenvalue weighted by Crippen LogP contribution is 2.34. The van der Waals surface area contributed by atoms with E-state index in [1.165, 1.54) is 43.4 Å². The largest absolute Gasteiger partial charge is 0.383 e. The third-order valence-electron chi connectivity index (χ3n) is 5.65. The zero-order valence-electron chi connectivity index (χ0n) is 15.7. The number of carbonyl (C=O) groups excluding carboxylic acids is 1. The van der Waals surface area contributed by atoms with Crippen molar-refractivity contribution in [3.05, 3.63) is 40.3 Å². The summed E-state index contributed by atoms with van der Waals surface area (Å²) in [5.74, 6) is 1.33. The van der Waals surface area contributed by atoms with E-state index in [1.807, 2.05) is 24.4 Å². The van der Waals surface area contributed by atoms with E-state index in [2.05, 4.69) is 11.1 Å². The number of nitrogens with zero attached hydrogens (tertiary/aromatic N) is 3. The van der Waals surface area contributed by atoms with Crippen LogP contribution in [-0.2, 0) is 11.2 Å². The summed E-state index contributed by atoms with van der Waals surface area (Å²) < 4.78 is 1.79. The van der Waals surface area contributed by atoms with Crippen molar-refractivity contribution < 1.29 is 4.79 Å². The second-order valence-electron chi connectivity index (χ2n) is 7.67. The van der Waals surface area contributed by atoms with E-state index in [4.69, 9.17) is 10.8 Å². The molecule has 1 aliphatic carbocycles. The normalized spacial score (nSPS) is 16.6. The second kappa shape index (κ2) is 7.80. The van der Waals surface area contributed by atoms with Crippen LogP contribution in [-0.4, -0.2) is 20.5 Å². The lowest BCUT2D eigenvalue weighted by Crippen LogP contribution is -2.26. The first kappa shape index (κ1) is 18.2. The maximum atomic E-state index is 13.2. The number of Topliss-reactive ketones (excluding diaryl/α,β-unsaturated/α-hetero) is 1. The Morgan fingerprint density at radius 2 is 2.15 bits per heavy atom. The summed E-state index contributed by atoms with van der Waals surface area (Å²) in [7, 11) is 0. The molecule has 0 spiro atoms. The molecule has 0 saturated heterocycles. The van der Waals surface area contributed by atoms with Crippen LogP contribution in [0.15, 0.2) is 29.8 Å². The summed E-state index contributed by atoms with van der Waals surface area (Å²) in [6, 6.07) is 5.76. The molecule has 4 rings (SSSR count). The first-order valence-corrected chi connectivity index (χ1v) is 10.6. The minimum atomic E-state index is -0.315. The van der Waals surface area contributed by atoms with Crippen molar-refractivity contribution in [2.45, 2.75) is 57.9 Å². The highest BCUT2D eigenvalue weighted by atomic mass is 32.1. The Morgan fingerprint density at radius 3 is 2.89 bits per heavy atom. The minimum absolute atomic E-state index is 0.159. The van der Waals surface area contributed by atoms with Crippen molar-refractivity contribution >= 4 is 33.8 Å². The van der Waals surface area contributed by atoms with Gasteiger partial charge in [0.15, 0.2) is 5.78 Å². The molecule has 0 aliphatic heterocycles. The van der Waals surface area contributed by atoms with E-state index in [0.29, 0.717) is 18.2 Å². The van der Waals surface area contributed by atoms with E-state index in [9.17, 15) is 4.79 Å². The molecule has 3 aromatic rings. The average molecular weight is 383 g/mol. The Morgan fingerprint density at radius 1 is 1.33 bits per heavy atom. The van der Waals surface area contributed by atoms with Crippen LogP contribution in [0, 0.1) is 12.8 Å². The summed E-state index contributed by atoms with van der Waals surface area (Å²) in [6.07, 6.45) is 9.14. The predicted octanol–water partition coefficient (Wildman–Crippen LogP) is 4.71. The molecule has 1 saturated carbocycles. The summed E-state index contributed by atoms with van der Waals surface area (Å²) in [4.78, 5) is 17.5. The molecule has 1 atom stereocenters. The van der Waals surface area contributed by atoms with Gasteiger partial charge in [0.2, 0.25) is 0 Å². The molecule has 1 aliphatic rings. The lowest BCUT2D eigenvalue weighted by Gasteiger charge is -2.26.